The number of benzene rings is 2. The lowest BCUT2D eigenvalue weighted by Gasteiger charge is -2.31. The number of aromatic nitrogens is 3. The zero-order valence-corrected chi connectivity index (χ0v) is 24.7. The van der Waals surface area contributed by atoms with Crippen molar-refractivity contribution in [3.63, 3.8) is 0 Å². The molecule has 7 rings (SSSR count). The van der Waals surface area contributed by atoms with Crippen LogP contribution in [0.25, 0.3) is 11.1 Å². The van der Waals surface area contributed by atoms with Crippen LogP contribution < -0.4 is 5.32 Å². The summed E-state index contributed by atoms with van der Waals surface area (Å²) in [7, 11) is 0. The second-order valence-corrected chi connectivity index (χ2v) is 12.4. The van der Waals surface area contributed by atoms with Gasteiger partial charge in [0.2, 0.25) is 0 Å². The van der Waals surface area contributed by atoms with Gasteiger partial charge in [-0.1, -0.05) is 19.1 Å². The van der Waals surface area contributed by atoms with Gasteiger partial charge in [-0.05, 0) is 86.1 Å². The van der Waals surface area contributed by atoms with Crippen molar-refractivity contribution in [2.75, 3.05) is 25.0 Å². The highest BCUT2D eigenvalue weighted by Gasteiger charge is 2.42. The Bertz CT molecular complexity index is 1700. The molecule has 43 heavy (non-hydrogen) atoms. The van der Waals surface area contributed by atoms with Crippen molar-refractivity contribution in [3.8, 4) is 11.1 Å². The molecule has 0 spiro atoms. The van der Waals surface area contributed by atoms with E-state index in [4.69, 9.17) is 0 Å². The highest BCUT2D eigenvalue weighted by molar-refractivity contribution is 7.13. The molecule has 0 aliphatic carbocycles. The number of hydrogen-bond donors (Lipinski definition) is 1. The molecule has 3 aliphatic heterocycles. The average molecular weight is 603 g/mol. The summed E-state index contributed by atoms with van der Waals surface area (Å²) in [6, 6.07) is 6.96. The van der Waals surface area contributed by atoms with E-state index in [1.54, 1.807) is 30.0 Å². The topological polar surface area (TPSA) is 83.4 Å². The summed E-state index contributed by atoms with van der Waals surface area (Å²) >= 11 is 1.27. The summed E-state index contributed by atoms with van der Waals surface area (Å²) in [5.41, 5.74) is 3.40. The predicted octanol–water partition coefficient (Wildman–Crippen LogP) is 5.77. The molecule has 0 bridgehead atoms. The number of carbonyl (C=O) groups is 2. The van der Waals surface area contributed by atoms with Crippen molar-refractivity contribution in [1.82, 2.24) is 24.3 Å². The predicted molar refractivity (Wildman–Crippen MR) is 160 cm³/mol. The first kappa shape index (κ1) is 27.8. The molecular weight excluding hydrogens is 570 g/mol. The third-order valence-corrected chi connectivity index (χ3v) is 9.78. The Kier molecular flexibility index (Phi) is 7.30. The Balaban J connectivity index is 1.19. The van der Waals surface area contributed by atoms with Gasteiger partial charge in [0, 0.05) is 34.9 Å². The van der Waals surface area contributed by atoms with Gasteiger partial charge >= 0.3 is 0 Å². The molecule has 0 radical (unpaired) electrons. The first-order valence-electron chi connectivity index (χ1n) is 14.8. The maximum atomic E-state index is 15.7. The summed E-state index contributed by atoms with van der Waals surface area (Å²) in [5.74, 6) is -1.63. The average Bonchev–Trinajstić information content (AvgIpc) is 3.81. The molecular formula is C32H32F2N6O2S. The van der Waals surface area contributed by atoms with E-state index in [-0.39, 0.29) is 29.4 Å². The summed E-state index contributed by atoms with van der Waals surface area (Å²) in [5, 5.41) is 4.96. The monoisotopic (exact) mass is 602 g/mol. The molecule has 2 amide bonds. The van der Waals surface area contributed by atoms with Gasteiger partial charge < -0.3 is 14.4 Å². The van der Waals surface area contributed by atoms with Crippen LogP contribution in [-0.4, -0.2) is 55.8 Å². The molecule has 2 aromatic heterocycles. The van der Waals surface area contributed by atoms with Crippen LogP contribution in [0.15, 0.2) is 48.2 Å². The fourth-order valence-electron chi connectivity index (χ4n) is 6.76. The normalized spacial score (nSPS) is 17.7. The molecule has 1 N–H and O–H groups in total. The number of aryl methyl sites for hydroxylation is 1. The van der Waals surface area contributed by atoms with E-state index < -0.39 is 23.7 Å². The quantitative estimate of drug-likeness (QED) is 0.291. The molecule has 2 aromatic carbocycles. The second-order valence-electron chi connectivity index (χ2n) is 11.5. The van der Waals surface area contributed by atoms with E-state index in [1.165, 1.54) is 28.4 Å². The van der Waals surface area contributed by atoms with Crippen molar-refractivity contribution in [2.24, 2.45) is 0 Å². The van der Waals surface area contributed by atoms with Crippen LogP contribution in [0.1, 0.15) is 71.0 Å². The molecule has 4 aromatic rings. The number of nitrogens with zero attached hydrogens (tertiary/aromatic N) is 5. The fourth-order valence-corrected chi connectivity index (χ4v) is 7.30. The third kappa shape index (κ3) is 5.04. The molecule has 1 fully saturated rings. The molecule has 1 unspecified atom stereocenters. The van der Waals surface area contributed by atoms with Crippen LogP contribution in [0.3, 0.4) is 0 Å². The molecule has 5 heterocycles. The van der Waals surface area contributed by atoms with Crippen molar-refractivity contribution in [1.29, 1.82) is 0 Å². The van der Waals surface area contributed by atoms with Crippen molar-refractivity contribution >= 4 is 28.3 Å². The Morgan fingerprint density at radius 1 is 1.09 bits per heavy atom. The van der Waals surface area contributed by atoms with E-state index in [9.17, 15) is 9.59 Å². The van der Waals surface area contributed by atoms with Gasteiger partial charge in [-0.25, -0.2) is 18.7 Å². The fraction of sp³-hybridized carbons (Fsp3) is 0.375. The number of imidazole rings is 1. The van der Waals surface area contributed by atoms with Gasteiger partial charge in [-0.15, -0.1) is 11.3 Å². The Labute approximate surface area is 252 Å². The minimum absolute atomic E-state index is 0.0771. The number of fused-ring (bicyclic) bond motifs is 2. The number of carbonyl (C=O) groups excluding carboxylic acids is 2. The lowest BCUT2D eigenvalue weighted by molar-refractivity contribution is -0.121. The molecule has 0 saturated carbocycles. The highest BCUT2D eigenvalue weighted by atomic mass is 32.1. The number of amides is 2. The third-order valence-electron chi connectivity index (χ3n) is 9.10. The number of anilines is 1. The highest BCUT2D eigenvalue weighted by Crippen LogP contribution is 2.39. The minimum atomic E-state index is -1.06. The van der Waals surface area contributed by atoms with Gasteiger partial charge in [0.15, 0.2) is 11.2 Å². The lowest BCUT2D eigenvalue weighted by Crippen LogP contribution is -2.38. The smallest absolute Gasteiger partial charge is 0.255 e. The minimum Gasteiger partial charge on any atom is -0.334 e. The van der Waals surface area contributed by atoms with Crippen LogP contribution >= 0.6 is 11.3 Å². The Morgan fingerprint density at radius 3 is 2.65 bits per heavy atom. The zero-order valence-electron chi connectivity index (χ0n) is 23.9. The molecule has 3 aliphatic rings. The van der Waals surface area contributed by atoms with E-state index in [0.717, 1.165) is 57.6 Å². The van der Waals surface area contributed by atoms with Crippen LogP contribution in [0.5, 0.6) is 0 Å². The largest absolute Gasteiger partial charge is 0.334 e. The SMILES string of the molecule is CCN1CCC(c2ccc(-c3cc(F)c4c(c3)C(=O)N(C(C(=O)Nc3nccs3)c3ncn5c3CCC5)C4)cc2F)CC1. The van der Waals surface area contributed by atoms with Crippen LogP contribution in [0.4, 0.5) is 13.9 Å². The maximum Gasteiger partial charge on any atom is 0.255 e. The van der Waals surface area contributed by atoms with Gasteiger partial charge in [-0.3, -0.25) is 14.9 Å². The van der Waals surface area contributed by atoms with E-state index >= 15 is 8.78 Å². The maximum absolute atomic E-state index is 15.7. The van der Waals surface area contributed by atoms with Crippen molar-refractivity contribution in [2.45, 2.75) is 57.7 Å². The standard InChI is InChI=1S/C32H32F2N6O2S/c1-2-38-11-7-19(8-12-38)22-6-5-20(15-25(22)33)21-14-23-24(26(34)16-21)17-40(31(23)42)29(30(41)37-32-35-9-13-43-32)28-27-4-3-10-39(27)18-36-28/h5-6,9,13-16,18-19,29H,2-4,7-8,10-12,17H2,1H3,(H,35,37,41). The number of halogens is 2. The van der Waals surface area contributed by atoms with E-state index in [1.807, 2.05) is 10.6 Å². The number of thiazole rings is 1. The number of rotatable bonds is 7. The van der Waals surface area contributed by atoms with E-state index in [0.29, 0.717) is 27.5 Å². The summed E-state index contributed by atoms with van der Waals surface area (Å²) < 4.78 is 33.0. The van der Waals surface area contributed by atoms with Gasteiger partial charge in [0.25, 0.3) is 11.8 Å². The van der Waals surface area contributed by atoms with Gasteiger partial charge in [0.05, 0.1) is 18.6 Å². The first-order chi connectivity index (χ1) is 20.9. The van der Waals surface area contributed by atoms with Crippen LogP contribution in [0, 0.1) is 11.6 Å². The number of nitrogens with one attached hydrogen (secondary N) is 1. The lowest BCUT2D eigenvalue weighted by atomic mass is 9.88. The Morgan fingerprint density at radius 2 is 1.91 bits per heavy atom. The van der Waals surface area contributed by atoms with Gasteiger partial charge in [-0.2, -0.15) is 0 Å². The summed E-state index contributed by atoms with van der Waals surface area (Å²) in [4.78, 5) is 40.0. The second kappa shape index (κ2) is 11.3. The molecule has 8 nitrogen and oxygen atoms in total. The number of hydrogen-bond acceptors (Lipinski definition) is 6. The Hall–Kier alpha value is -3.96. The number of likely N-dealkylation sites (tertiary alicyclic amines) is 1. The van der Waals surface area contributed by atoms with Crippen molar-refractivity contribution in [3.05, 3.63) is 87.9 Å². The van der Waals surface area contributed by atoms with Crippen LogP contribution in [-0.2, 0) is 24.3 Å². The van der Waals surface area contributed by atoms with Crippen molar-refractivity contribution < 1.29 is 18.4 Å². The van der Waals surface area contributed by atoms with Crippen LogP contribution in [0.2, 0.25) is 0 Å². The molecule has 222 valence electrons. The summed E-state index contributed by atoms with van der Waals surface area (Å²) in [6.07, 6.45) is 6.74. The van der Waals surface area contributed by atoms with E-state index in [2.05, 4.69) is 27.1 Å². The first-order valence-corrected chi connectivity index (χ1v) is 15.7. The summed E-state index contributed by atoms with van der Waals surface area (Å²) in [6.45, 7) is 5.74. The molecule has 1 saturated heterocycles. The molecule has 11 heteroatoms. The molecule has 1 atom stereocenters. The zero-order chi connectivity index (χ0) is 29.7. The number of piperidine rings is 1. The van der Waals surface area contributed by atoms with Gasteiger partial charge in [0.1, 0.15) is 11.6 Å².